The molecule has 0 radical (unpaired) electrons. The van der Waals surface area contributed by atoms with Crippen molar-refractivity contribution in [3.05, 3.63) is 28.2 Å². The molecule has 0 saturated carbocycles. The van der Waals surface area contributed by atoms with Crippen LogP contribution in [0.15, 0.2) is 22.7 Å². The molecule has 0 spiro atoms. The second-order valence-electron chi connectivity index (χ2n) is 5.60. The third-order valence-electron chi connectivity index (χ3n) is 3.61. The van der Waals surface area contributed by atoms with Crippen LogP contribution >= 0.6 is 15.9 Å². The lowest BCUT2D eigenvalue weighted by Crippen LogP contribution is -2.44. The predicted octanol–water partition coefficient (Wildman–Crippen LogP) is 2.70. The Hall–Kier alpha value is -0.580. The number of piperazine rings is 1. The fraction of sp³-hybridized carbons (Fsp3) is 0.600. The molecule has 3 nitrogen and oxygen atoms in total. The Morgan fingerprint density at radius 3 is 2.47 bits per heavy atom. The molecule has 0 aromatic heterocycles. The van der Waals surface area contributed by atoms with Gasteiger partial charge in [-0.05, 0) is 24.7 Å². The number of likely N-dealkylation sites (N-methyl/N-ethyl adjacent to an activating group) is 1. The lowest BCUT2D eigenvalue weighted by atomic mass is 10.1. The molecule has 0 atom stereocenters. The number of benzene rings is 1. The fourth-order valence-corrected chi connectivity index (χ4v) is 2.76. The highest BCUT2D eigenvalue weighted by molar-refractivity contribution is 9.10. The van der Waals surface area contributed by atoms with Crippen molar-refractivity contribution in [2.75, 3.05) is 38.1 Å². The highest BCUT2D eigenvalue weighted by atomic mass is 79.9. The molecule has 0 aliphatic carbocycles. The van der Waals surface area contributed by atoms with Crippen LogP contribution in [0.2, 0.25) is 0 Å². The highest BCUT2D eigenvalue weighted by Crippen LogP contribution is 2.25. The summed E-state index contributed by atoms with van der Waals surface area (Å²) in [5, 5.41) is 3.46. The van der Waals surface area contributed by atoms with Gasteiger partial charge in [-0.3, -0.25) is 0 Å². The molecule has 0 amide bonds. The van der Waals surface area contributed by atoms with Crippen molar-refractivity contribution in [1.29, 1.82) is 0 Å². The van der Waals surface area contributed by atoms with Crippen molar-refractivity contribution in [3.63, 3.8) is 0 Å². The van der Waals surface area contributed by atoms with Gasteiger partial charge in [0, 0.05) is 48.9 Å². The van der Waals surface area contributed by atoms with Gasteiger partial charge in [-0.25, -0.2) is 0 Å². The number of rotatable bonds is 4. The predicted molar refractivity (Wildman–Crippen MR) is 85.8 cm³/mol. The van der Waals surface area contributed by atoms with Crippen LogP contribution in [-0.2, 0) is 6.54 Å². The summed E-state index contributed by atoms with van der Waals surface area (Å²) in [5.74, 6) is 0. The SMILES string of the molecule is CC(C)NCc1ccc(N2CCN(C)CC2)cc1Br. The van der Waals surface area contributed by atoms with Gasteiger partial charge in [0.2, 0.25) is 0 Å². The first-order valence-electron chi connectivity index (χ1n) is 7.01. The maximum atomic E-state index is 3.70. The Kier molecular flexibility index (Phi) is 5.25. The summed E-state index contributed by atoms with van der Waals surface area (Å²) < 4.78 is 1.21. The number of halogens is 1. The molecule has 1 aromatic carbocycles. The van der Waals surface area contributed by atoms with Gasteiger partial charge >= 0.3 is 0 Å². The Labute approximate surface area is 125 Å². The number of nitrogens with zero attached hydrogens (tertiary/aromatic N) is 2. The highest BCUT2D eigenvalue weighted by Gasteiger charge is 2.15. The Morgan fingerprint density at radius 1 is 1.21 bits per heavy atom. The summed E-state index contributed by atoms with van der Waals surface area (Å²) in [6.07, 6.45) is 0. The second kappa shape index (κ2) is 6.73. The zero-order valence-electron chi connectivity index (χ0n) is 12.1. The summed E-state index contributed by atoms with van der Waals surface area (Å²) in [6.45, 7) is 9.79. The number of hydrogen-bond acceptors (Lipinski definition) is 3. The van der Waals surface area contributed by atoms with Crippen LogP contribution in [0.25, 0.3) is 0 Å². The van der Waals surface area contributed by atoms with E-state index in [1.807, 2.05) is 0 Å². The van der Waals surface area contributed by atoms with Crippen LogP contribution in [0.5, 0.6) is 0 Å². The van der Waals surface area contributed by atoms with Crippen molar-refractivity contribution >= 4 is 21.6 Å². The monoisotopic (exact) mass is 325 g/mol. The Morgan fingerprint density at radius 2 is 1.89 bits per heavy atom. The van der Waals surface area contributed by atoms with E-state index in [0.29, 0.717) is 6.04 Å². The van der Waals surface area contributed by atoms with Gasteiger partial charge in [0.15, 0.2) is 0 Å². The molecule has 2 rings (SSSR count). The molecule has 106 valence electrons. The van der Waals surface area contributed by atoms with E-state index in [2.05, 4.69) is 70.1 Å². The Bertz CT molecular complexity index is 412. The third-order valence-corrected chi connectivity index (χ3v) is 4.34. The minimum absolute atomic E-state index is 0.518. The number of anilines is 1. The van der Waals surface area contributed by atoms with E-state index >= 15 is 0 Å². The molecular weight excluding hydrogens is 302 g/mol. The first-order chi connectivity index (χ1) is 9.06. The molecule has 4 heteroatoms. The fourth-order valence-electron chi connectivity index (χ4n) is 2.26. The summed E-state index contributed by atoms with van der Waals surface area (Å²) in [7, 11) is 2.19. The van der Waals surface area contributed by atoms with Gasteiger partial charge in [0.1, 0.15) is 0 Å². The van der Waals surface area contributed by atoms with Gasteiger partial charge in [0.05, 0.1) is 0 Å². The van der Waals surface area contributed by atoms with E-state index in [1.54, 1.807) is 0 Å². The molecule has 1 aromatic rings. The van der Waals surface area contributed by atoms with Gasteiger partial charge < -0.3 is 15.1 Å². The maximum absolute atomic E-state index is 3.70. The van der Waals surface area contributed by atoms with Gasteiger partial charge in [-0.15, -0.1) is 0 Å². The van der Waals surface area contributed by atoms with Gasteiger partial charge in [-0.1, -0.05) is 35.8 Å². The molecule has 19 heavy (non-hydrogen) atoms. The molecule has 1 heterocycles. The molecule has 1 aliphatic rings. The van der Waals surface area contributed by atoms with Crippen LogP contribution in [0.1, 0.15) is 19.4 Å². The first kappa shape index (κ1) is 14.8. The van der Waals surface area contributed by atoms with Crippen LogP contribution in [-0.4, -0.2) is 44.2 Å². The smallest absolute Gasteiger partial charge is 0.0378 e. The van der Waals surface area contributed by atoms with E-state index in [-0.39, 0.29) is 0 Å². The summed E-state index contributed by atoms with van der Waals surface area (Å²) in [5.41, 5.74) is 2.65. The van der Waals surface area contributed by atoms with Crippen LogP contribution in [0.3, 0.4) is 0 Å². The molecule has 0 unspecified atom stereocenters. The number of nitrogens with one attached hydrogen (secondary N) is 1. The normalized spacial score (nSPS) is 17.2. The summed E-state index contributed by atoms with van der Waals surface area (Å²) in [6, 6.07) is 7.24. The molecule has 1 saturated heterocycles. The largest absolute Gasteiger partial charge is 0.369 e. The lowest BCUT2D eigenvalue weighted by Gasteiger charge is -2.34. The van der Waals surface area contributed by atoms with Gasteiger partial charge in [-0.2, -0.15) is 0 Å². The second-order valence-corrected chi connectivity index (χ2v) is 6.46. The third kappa shape index (κ3) is 4.20. The standard InChI is InChI=1S/C15H24BrN3/c1-12(2)17-11-13-4-5-14(10-15(13)16)19-8-6-18(3)7-9-19/h4-5,10,12,17H,6-9,11H2,1-3H3. The quantitative estimate of drug-likeness (QED) is 0.918. The topological polar surface area (TPSA) is 18.5 Å². The number of hydrogen-bond donors (Lipinski definition) is 1. The summed E-state index contributed by atoms with van der Waals surface area (Å²) >= 11 is 3.70. The molecule has 1 N–H and O–H groups in total. The van der Waals surface area contributed by atoms with Crippen LogP contribution < -0.4 is 10.2 Å². The molecular formula is C15H24BrN3. The van der Waals surface area contributed by atoms with Gasteiger partial charge in [0.25, 0.3) is 0 Å². The lowest BCUT2D eigenvalue weighted by molar-refractivity contribution is 0.313. The molecule has 1 aliphatic heterocycles. The summed E-state index contributed by atoms with van der Waals surface area (Å²) in [4.78, 5) is 4.84. The molecule has 1 fully saturated rings. The average Bonchev–Trinajstić information content (AvgIpc) is 2.38. The van der Waals surface area contributed by atoms with Crippen molar-refractivity contribution in [1.82, 2.24) is 10.2 Å². The first-order valence-corrected chi connectivity index (χ1v) is 7.81. The minimum Gasteiger partial charge on any atom is -0.369 e. The van der Waals surface area contributed by atoms with E-state index < -0.39 is 0 Å². The van der Waals surface area contributed by atoms with Crippen molar-refractivity contribution < 1.29 is 0 Å². The van der Waals surface area contributed by atoms with Crippen LogP contribution in [0.4, 0.5) is 5.69 Å². The average molecular weight is 326 g/mol. The van der Waals surface area contributed by atoms with Crippen molar-refractivity contribution in [2.24, 2.45) is 0 Å². The van der Waals surface area contributed by atoms with Crippen molar-refractivity contribution in [2.45, 2.75) is 26.4 Å². The van der Waals surface area contributed by atoms with Crippen LogP contribution in [0, 0.1) is 0 Å². The maximum Gasteiger partial charge on any atom is 0.0378 e. The minimum atomic E-state index is 0.518. The van der Waals surface area contributed by atoms with E-state index in [1.165, 1.54) is 15.7 Å². The van der Waals surface area contributed by atoms with E-state index in [4.69, 9.17) is 0 Å². The van der Waals surface area contributed by atoms with E-state index in [9.17, 15) is 0 Å². The van der Waals surface area contributed by atoms with E-state index in [0.717, 1.165) is 32.7 Å². The van der Waals surface area contributed by atoms with Crippen molar-refractivity contribution in [3.8, 4) is 0 Å². The molecule has 0 bridgehead atoms. The zero-order chi connectivity index (χ0) is 13.8. The zero-order valence-corrected chi connectivity index (χ0v) is 13.7. The Balaban J connectivity index is 2.02.